The van der Waals surface area contributed by atoms with Crippen molar-refractivity contribution in [3.8, 4) is 22.5 Å². The Hall–Kier alpha value is -2.28. The molecule has 1 nitrogen and oxygen atoms in total. The van der Waals surface area contributed by atoms with Gasteiger partial charge in [-0.05, 0) is 29.7 Å². The van der Waals surface area contributed by atoms with Crippen LogP contribution in [-0.2, 0) is 6.54 Å². The summed E-state index contributed by atoms with van der Waals surface area (Å²) in [5.41, 5.74) is 5.16. The minimum absolute atomic E-state index is 1.04. The molecular formula is C19H19N. The molecule has 0 aliphatic heterocycles. The Kier molecular flexibility index (Phi) is 3.69. The predicted molar refractivity (Wildman–Crippen MR) is 85.6 cm³/mol. The molecule has 0 saturated heterocycles. The van der Waals surface area contributed by atoms with Crippen molar-refractivity contribution in [2.75, 3.05) is 0 Å². The molecular weight excluding hydrogens is 242 g/mol. The fraction of sp³-hybridized carbons (Fsp3) is 0.158. The maximum absolute atomic E-state index is 2.42. The molecule has 3 rings (SSSR count). The number of hydrogen-bond donors (Lipinski definition) is 0. The Labute approximate surface area is 120 Å². The van der Waals surface area contributed by atoms with E-state index in [1.807, 2.05) is 0 Å². The van der Waals surface area contributed by atoms with Crippen molar-refractivity contribution >= 4 is 0 Å². The van der Waals surface area contributed by atoms with Crippen LogP contribution in [0.25, 0.3) is 22.5 Å². The van der Waals surface area contributed by atoms with Crippen LogP contribution in [0.15, 0.2) is 72.8 Å². The van der Waals surface area contributed by atoms with E-state index in [4.69, 9.17) is 0 Å². The number of aromatic nitrogens is 1. The molecule has 0 aliphatic carbocycles. The van der Waals surface area contributed by atoms with Crippen molar-refractivity contribution in [2.24, 2.45) is 0 Å². The minimum Gasteiger partial charge on any atom is -0.341 e. The summed E-state index contributed by atoms with van der Waals surface area (Å²) in [6.07, 6.45) is 1.13. The summed E-state index contributed by atoms with van der Waals surface area (Å²) in [7, 11) is 0. The van der Waals surface area contributed by atoms with E-state index in [1.165, 1.54) is 22.5 Å². The van der Waals surface area contributed by atoms with Gasteiger partial charge in [0.05, 0.1) is 0 Å². The van der Waals surface area contributed by atoms with Gasteiger partial charge >= 0.3 is 0 Å². The lowest BCUT2D eigenvalue weighted by atomic mass is 10.1. The van der Waals surface area contributed by atoms with Crippen molar-refractivity contribution in [3.63, 3.8) is 0 Å². The van der Waals surface area contributed by atoms with Crippen LogP contribution in [0.3, 0.4) is 0 Å². The van der Waals surface area contributed by atoms with Gasteiger partial charge in [0, 0.05) is 17.9 Å². The third kappa shape index (κ3) is 2.39. The molecule has 0 radical (unpaired) electrons. The Morgan fingerprint density at radius 2 is 1.10 bits per heavy atom. The third-order valence-corrected chi connectivity index (χ3v) is 3.57. The largest absolute Gasteiger partial charge is 0.341 e. The second kappa shape index (κ2) is 5.79. The van der Waals surface area contributed by atoms with Crippen LogP contribution in [0.1, 0.15) is 13.3 Å². The second-order valence-corrected chi connectivity index (χ2v) is 4.99. The fourth-order valence-corrected chi connectivity index (χ4v) is 2.65. The van der Waals surface area contributed by atoms with E-state index in [9.17, 15) is 0 Å². The second-order valence-electron chi connectivity index (χ2n) is 4.99. The lowest BCUT2D eigenvalue weighted by Gasteiger charge is -2.13. The first-order chi connectivity index (χ1) is 9.90. The maximum Gasteiger partial charge on any atom is 0.0485 e. The fourth-order valence-electron chi connectivity index (χ4n) is 2.65. The van der Waals surface area contributed by atoms with Gasteiger partial charge < -0.3 is 4.57 Å². The van der Waals surface area contributed by atoms with Crippen molar-refractivity contribution in [2.45, 2.75) is 19.9 Å². The van der Waals surface area contributed by atoms with E-state index in [1.54, 1.807) is 0 Å². The van der Waals surface area contributed by atoms with Gasteiger partial charge in [-0.15, -0.1) is 0 Å². The Balaban J connectivity index is 2.12. The highest BCUT2D eigenvalue weighted by Gasteiger charge is 2.10. The molecule has 0 spiro atoms. The van der Waals surface area contributed by atoms with Crippen molar-refractivity contribution in [3.05, 3.63) is 72.8 Å². The zero-order valence-corrected chi connectivity index (χ0v) is 11.8. The normalized spacial score (nSPS) is 10.7. The Morgan fingerprint density at radius 1 is 0.650 bits per heavy atom. The topological polar surface area (TPSA) is 4.93 Å². The number of nitrogens with zero attached hydrogens (tertiary/aromatic N) is 1. The molecule has 1 heterocycles. The SMILES string of the molecule is CCCn1c(-c2ccccc2)ccc1-c1ccccc1. The molecule has 20 heavy (non-hydrogen) atoms. The molecule has 0 atom stereocenters. The summed E-state index contributed by atoms with van der Waals surface area (Å²) in [5, 5.41) is 0. The number of rotatable bonds is 4. The quantitative estimate of drug-likeness (QED) is 0.606. The molecule has 3 aromatic rings. The van der Waals surface area contributed by atoms with Crippen LogP contribution in [0.4, 0.5) is 0 Å². The van der Waals surface area contributed by atoms with E-state index >= 15 is 0 Å². The van der Waals surface area contributed by atoms with Crippen LogP contribution in [0.2, 0.25) is 0 Å². The zero-order chi connectivity index (χ0) is 13.8. The first-order valence-electron chi connectivity index (χ1n) is 7.20. The summed E-state index contributed by atoms with van der Waals surface area (Å²) >= 11 is 0. The zero-order valence-electron chi connectivity index (χ0n) is 11.8. The summed E-state index contributed by atoms with van der Waals surface area (Å²) < 4.78 is 2.42. The summed E-state index contributed by atoms with van der Waals surface area (Å²) in [6, 6.07) is 25.7. The van der Waals surface area contributed by atoms with Gasteiger partial charge in [-0.2, -0.15) is 0 Å². The van der Waals surface area contributed by atoms with Crippen molar-refractivity contribution in [1.29, 1.82) is 0 Å². The van der Waals surface area contributed by atoms with Crippen LogP contribution < -0.4 is 0 Å². The first-order valence-corrected chi connectivity index (χ1v) is 7.20. The molecule has 0 bridgehead atoms. The smallest absolute Gasteiger partial charge is 0.0485 e. The lowest BCUT2D eigenvalue weighted by molar-refractivity contribution is 0.695. The van der Waals surface area contributed by atoms with Gasteiger partial charge in [-0.3, -0.25) is 0 Å². The summed E-state index contributed by atoms with van der Waals surface area (Å²) in [4.78, 5) is 0. The molecule has 2 aromatic carbocycles. The van der Waals surface area contributed by atoms with E-state index in [0.29, 0.717) is 0 Å². The summed E-state index contributed by atoms with van der Waals surface area (Å²) in [6.45, 7) is 3.27. The minimum atomic E-state index is 1.04. The lowest BCUT2D eigenvalue weighted by Crippen LogP contribution is -2.01. The summed E-state index contributed by atoms with van der Waals surface area (Å²) in [5.74, 6) is 0. The molecule has 0 N–H and O–H groups in total. The molecule has 0 unspecified atom stereocenters. The van der Waals surface area contributed by atoms with Crippen LogP contribution in [0.5, 0.6) is 0 Å². The Bertz CT molecular complexity index is 609. The molecule has 1 aromatic heterocycles. The van der Waals surface area contributed by atoms with Crippen molar-refractivity contribution in [1.82, 2.24) is 4.57 Å². The van der Waals surface area contributed by atoms with E-state index < -0.39 is 0 Å². The highest BCUT2D eigenvalue weighted by atomic mass is 15.0. The van der Waals surface area contributed by atoms with Gasteiger partial charge in [-0.1, -0.05) is 67.6 Å². The number of benzene rings is 2. The highest BCUT2D eigenvalue weighted by Crippen LogP contribution is 2.29. The van der Waals surface area contributed by atoms with Gasteiger partial charge in [0.25, 0.3) is 0 Å². The van der Waals surface area contributed by atoms with Gasteiger partial charge in [-0.25, -0.2) is 0 Å². The third-order valence-electron chi connectivity index (χ3n) is 3.57. The van der Waals surface area contributed by atoms with Crippen LogP contribution in [0, 0.1) is 0 Å². The molecule has 1 heteroatoms. The highest BCUT2D eigenvalue weighted by molar-refractivity contribution is 5.69. The van der Waals surface area contributed by atoms with E-state index in [0.717, 1.165) is 13.0 Å². The monoisotopic (exact) mass is 261 g/mol. The number of hydrogen-bond acceptors (Lipinski definition) is 0. The first kappa shape index (κ1) is 12.7. The van der Waals surface area contributed by atoms with Gasteiger partial charge in [0.2, 0.25) is 0 Å². The standard InChI is InChI=1S/C19H19N/c1-2-15-20-18(16-9-5-3-6-10-16)13-14-19(20)17-11-7-4-8-12-17/h3-14H,2,15H2,1H3. The average Bonchev–Trinajstić information content (AvgIpc) is 2.93. The van der Waals surface area contributed by atoms with Gasteiger partial charge in [0.1, 0.15) is 0 Å². The Morgan fingerprint density at radius 3 is 1.50 bits per heavy atom. The molecule has 0 fully saturated rings. The average molecular weight is 261 g/mol. The predicted octanol–water partition coefficient (Wildman–Crippen LogP) is 5.23. The van der Waals surface area contributed by atoms with Crippen LogP contribution in [-0.4, -0.2) is 4.57 Å². The molecule has 0 aliphatic rings. The maximum atomic E-state index is 2.42. The van der Waals surface area contributed by atoms with E-state index in [-0.39, 0.29) is 0 Å². The molecule has 0 amide bonds. The van der Waals surface area contributed by atoms with Gasteiger partial charge in [0.15, 0.2) is 0 Å². The van der Waals surface area contributed by atoms with E-state index in [2.05, 4.69) is 84.3 Å². The van der Waals surface area contributed by atoms with Crippen LogP contribution >= 0.6 is 0 Å². The molecule has 100 valence electrons. The van der Waals surface area contributed by atoms with Crippen molar-refractivity contribution < 1.29 is 0 Å². The molecule has 0 saturated carbocycles.